The van der Waals surface area contributed by atoms with E-state index in [0.717, 1.165) is 24.0 Å². The molecule has 0 unspecified atom stereocenters. The van der Waals surface area contributed by atoms with E-state index in [-0.39, 0.29) is 5.56 Å². The highest BCUT2D eigenvalue weighted by Gasteiger charge is 2.20. The quantitative estimate of drug-likeness (QED) is 0.927. The van der Waals surface area contributed by atoms with Crippen molar-refractivity contribution in [3.8, 4) is 0 Å². The molecular weight excluding hydrogens is 332 g/mol. The number of halogens is 1. The molecule has 5 heteroatoms. The summed E-state index contributed by atoms with van der Waals surface area (Å²) in [7, 11) is 0. The van der Waals surface area contributed by atoms with Crippen LogP contribution in [0.2, 0.25) is 0 Å². The van der Waals surface area contributed by atoms with Crippen LogP contribution in [0.1, 0.15) is 27.2 Å². The Morgan fingerprint density at radius 1 is 1.33 bits per heavy atom. The SMILES string of the molecule is O=C(O)c1cccnc1CN1CCc2c(Br)cccc2C1. The number of carboxylic acid groups (broad SMARTS) is 1. The van der Waals surface area contributed by atoms with E-state index in [0.29, 0.717) is 12.2 Å². The van der Waals surface area contributed by atoms with Gasteiger partial charge in [0.15, 0.2) is 0 Å². The van der Waals surface area contributed by atoms with Gasteiger partial charge in [-0.2, -0.15) is 0 Å². The Bertz CT molecular complexity index is 688. The Morgan fingerprint density at radius 3 is 3.00 bits per heavy atom. The van der Waals surface area contributed by atoms with Gasteiger partial charge >= 0.3 is 5.97 Å². The minimum absolute atomic E-state index is 0.289. The highest BCUT2D eigenvalue weighted by atomic mass is 79.9. The number of benzene rings is 1. The largest absolute Gasteiger partial charge is 0.478 e. The molecule has 1 N–H and O–H groups in total. The van der Waals surface area contributed by atoms with Gasteiger partial charge in [0.1, 0.15) is 0 Å². The van der Waals surface area contributed by atoms with Crippen LogP contribution in [0.15, 0.2) is 41.0 Å². The molecule has 21 heavy (non-hydrogen) atoms. The van der Waals surface area contributed by atoms with Crippen LogP contribution in [0, 0.1) is 0 Å². The number of rotatable bonds is 3. The van der Waals surface area contributed by atoms with E-state index in [1.54, 1.807) is 18.3 Å². The van der Waals surface area contributed by atoms with Crippen LogP contribution in [0.4, 0.5) is 0 Å². The van der Waals surface area contributed by atoms with Gasteiger partial charge in [-0.05, 0) is 35.7 Å². The Morgan fingerprint density at radius 2 is 2.19 bits per heavy atom. The Kier molecular flexibility index (Phi) is 4.03. The lowest BCUT2D eigenvalue weighted by Crippen LogP contribution is -2.31. The van der Waals surface area contributed by atoms with E-state index in [1.807, 2.05) is 6.07 Å². The van der Waals surface area contributed by atoms with Crippen LogP contribution in [-0.4, -0.2) is 27.5 Å². The average Bonchev–Trinajstić information content (AvgIpc) is 2.48. The van der Waals surface area contributed by atoms with Crippen molar-refractivity contribution in [1.29, 1.82) is 0 Å². The van der Waals surface area contributed by atoms with Crippen molar-refractivity contribution in [3.63, 3.8) is 0 Å². The zero-order valence-electron chi connectivity index (χ0n) is 11.4. The number of hydrogen-bond acceptors (Lipinski definition) is 3. The summed E-state index contributed by atoms with van der Waals surface area (Å²) in [6.07, 6.45) is 2.61. The first-order valence-corrected chi connectivity index (χ1v) is 7.60. The van der Waals surface area contributed by atoms with E-state index in [9.17, 15) is 9.90 Å². The van der Waals surface area contributed by atoms with Gasteiger partial charge in [-0.1, -0.05) is 28.1 Å². The maximum Gasteiger partial charge on any atom is 0.337 e. The minimum atomic E-state index is -0.918. The number of aromatic carboxylic acids is 1. The summed E-state index contributed by atoms with van der Waals surface area (Å²) in [5.41, 5.74) is 3.57. The highest BCUT2D eigenvalue weighted by molar-refractivity contribution is 9.10. The van der Waals surface area contributed by atoms with Crippen molar-refractivity contribution in [2.75, 3.05) is 6.54 Å². The van der Waals surface area contributed by atoms with Gasteiger partial charge in [0, 0.05) is 30.3 Å². The summed E-state index contributed by atoms with van der Waals surface area (Å²) in [4.78, 5) is 17.7. The van der Waals surface area contributed by atoms with E-state index < -0.39 is 5.97 Å². The number of pyridine rings is 1. The molecule has 108 valence electrons. The molecule has 2 heterocycles. The third-order valence-corrected chi connectivity index (χ3v) is 4.52. The zero-order chi connectivity index (χ0) is 14.8. The molecule has 0 saturated heterocycles. The maximum atomic E-state index is 11.2. The second-order valence-electron chi connectivity index (χ2n) is 5.14. The fourth-order valence-electron chi connectivity index (χ4n) is 2.73. The maximum absolute atomic E-state index is 11.2. The first kappa shape index (κ1) is 14.2. The molecule has 0 saturated carbocycles. The molecule has 0 atom stereocenters. The third kappa shape index (κ3) is 2.99. The third-order valence-electron chi connectivity index (χ3n) is 3.78. The van der Waals surface area contributed by atoms with Gasteiger partial charge in [-0.15, -0.1) is 0 Å². The molecule has 0 spiro atoms. The minimum Gasteiger partial charge on any atom is -0.478 e. The number of aromatic nitrogens is 1. The normalized spacial score (nSPS) is 14.7. The molecule has 0 radical (unpaired) electrons. The average molecular weight is 347 g/mol. The second-order valence-corrected chi connectivity index (χ2v) is 6.00. The Labute approximate surface area is 131 Å². The molecule has 4 nitrogen and oxygen atoms in total. The van der Waals surface area contributed by atoms with Gasteiger partial charge in [0.2, 0.25) is 0 Å². The molecule has 0 bridgehead atoms. The van der Waals surface area contributed by atoms with E-state index in [2.05, 4.69) is 37.9 Å². The highest BCUT2D eigenvalue weighted by Crippen LogP contribution is 2.27. The molecule has 1 aromatic heterocycles. The number of nitrogens with zero attached hydrogens (tertiary/aromatic N) is 2. The van der Waals surface area contributed by atoms with E-state index in [1.165, 1.54) is 11.1 Å². The monoisotopic (exact) mass is 346 g/mol. The molecule has 1 aliphatic heterocycles. The number of hydrogen-bond donors (Lipinski definition) is 1. The van der Waals surface area contributed by atoms with Crippen LogP contribution in [-0.2, 0) is 19.5 Å². The fourth-order valence-corrected chi connectivity index (χ4v) is 3.33. The van der Waals surface area contributed by atoms with Gasteiger partial charge < -0.3 is 5.11 Å². The zero-order valence-corrected chi connectivity index (χ0v) is 13.0. The van der Waals surface area contributed by atoms with Crippen molar-refractivity contribution in [2.45, 2.75) is 19.5 Å². The van der Waals surface area contributed by atoms with Crippen LogP contribution in [0.25, 0.3) is 0 Å². The summed E-state index contributed by atoms with van der Waals surface area (Å²) in [5.74, 6) is -0.918. The van der Waals surface area contributed by atoms with Crippen molar-refractivity contribution in [2.24, 2.45) is 0 Å². The lowest BCUT2D eigenvalue weighted by molar-refractivity contribution is 0.0693. The lowest BCUT2D eigenvalue weighted by atomic mass is 9.99. The van der Waals surface area contributed by atoms with E-state index in [4.69, 9.17) is 0 Å². The first-order valence-electron chi connectivity index (χ1n) is 6.81. The molecule has 2 aromatic rings. The second kappa shape index (κ2) is 5.95. The molecule has 1 aromatic carbocycles. The van der Waals surface area contributed by atoms with Crippen molar-refractivity contribution >= 4 is 21.9 Å². The van der Waals surface area contributed by atoms with Crippen LogP contribution in [0.5, 0.6) is 0 Å². The molecule has 0 fully saturated rings. The van der Waals surface area contributed by atoms with Gasteiger partial charge in [-0.3, -0.25) is 9.88 Å². The first-order chi connectivity index (χ1) is 10.1. The standard InChI is InChI=1S/C16H15BrN2O2/c17-14-5-1-3-11-9-19(8-6-12(11)14)10-15-13(16(20)21)4-2-7-18-15/h1-5,7H,6,8-10H2,(H,20,21). The van der Waals surface area contributed by atoms with Gasteiger partial charge in [0.05, 0.1) is 11.3 Å². The van der Waals surface area contributed by atoms with Gasteiger partial charge in [0.25, 0.3) is 0 Å². The van der Waals surface area contributed by atoms with Crippen LogP contribution in [0.3, 0.4) is 0 Å². The number of carboxylic acids is 1. The number of fused-ring (bicyclic) bond motifs is 1. The lowest BCUT2D eigenvalue weighted by Gasteiger charge is -2.29. The van der Waals surface area contributed by atoms with Crippen LogP contribution >= 0.6 is 15.9 Å². The number of carbonyl (C=O) groups is 1. The topological polar surface area (TPSA) is 53.4 Å². The molecule has 1 aliphatic rings. The van der Waals surface area contributed by atoms with Crippen LogP contribution < -0.4 is 0 Å². The predicted octanol–water partition coefficient (Wildman–Crippen LogP) is 3.10. The Hall–Kier alpha value is -1.72. The van der Waals surface area contributed by atoms with Crippen molar-refractivity contribution < 1.29 is 9.90 Å². The van der Waals surface area contributed by atoms with Crippen molar-refractivity contribution in [3.05, 3.63) is 63.4 Å². The molecule has 0 aliphatic carbocycles. The fraction of sp³-hybridized carbons (Fsp3) is 0.250. The molecular formula is C16H15BrN2O2. The Balaban J connectivity index is 1.81. The molecule has 0 amide bonds. The summed E-state index contributed by atoms with van der Waals surface area (Å²) in [6.45, 7) is 2.30. The van der Waals surface area contributed by atoms with Gasteiger partial charge in [-0.25, -0.2) is 4.79 Å². The summed E-state index contributed by atoms with van der Waals surface area (Å²) < 4.78 is 1.16. The van der Waals surface area contributed by atoms with Crippen molar-refractivity contribution in [1.82, 2.24) is 9.88 Å². The summed E-state index contributed by atoms with van der Waals surface area (Å²) in [5, 5.41) is 9.22. The summed E-state index contributed by atoms with van der Waals surface area (Å²) >= 11 is 3.59. The smallest absolute Gasteiger partial charge is 0.337 e. The molecule has 3 rings (SSSR count). The van der Waals surface area contributed by atoms with E-state index >= 15 is 0 Å². The predicted molar refractivity (Wildman–Crippen MR) is 83.2 cm³/mol. The summed E-state index contributed by atoms with van der Waals surface area (Å²) in [6, 6.07) is 9.50.